The third-order valence-corrected chi connectivity index (χ3v) is 3.30. The van der Waals surface area contributed by atoms with E-state index in [-0.39, 0.29) is 18.6 Å². The number of carbonyl (C=O) groups is 2. The Labute approximate surface area is 133 Å². The molecule has 8 heteroatoms. The molecule has 0 aliphatic carbocycles. The molecule has 0 saturated heterocycles. The predicted octanol–water partition coefficient (Wildman–Crippen LogP) is 0.686. The van der Waals surface area contributed by atoms with Crippen molar-refractivity contribution in [2.24, 2.45) is 0 Å². The normalized spacial score (nSPS) is 14.0. The molecule has 23 heavy (non-hydrogen) atoms. The summed E-state index contributed by atoms with van der Waals surface area (Å²) in [5, 5.41) is 11.6. The molecule has 0 spiro atoms. The number of carboxylic acids is 1. The summed E-state index contributed by atoms with van der Waals surface area (Å²) in [7, 11) is 2.92. The molecule has 0 aromatic heterocycles. The van der Waals surface area contributed by atoms with Crippen molar-refractivity contribution < 1.29 is 33.6 Å². The Hall–Kier alpha value is -2.48. The first kappa shape index (κ1) is 16.9. The first-order chi connectivity index (χ1) is 11.1. The predicted molar refractivity (Wildman–Crippen MR) is 79.4 cm³/mol. The molecule has 1 amide bonds. The van der Waals surface area contributed by atoms with Crippen LogP contribution in [0.3, 0.4) is 0 Å². The molecule has 1 atom stereocenters. The van der Waals surface area contributed by atoms with E-state index in [0.29, 0.717) is 30.5 Å². The summed E-state index contributed by atoms with van der Waals surface area (Å²) < 4.78 is 21.0. The van der Waals surface area contributed by atoms with Crippen molar-refractivity contribution in [3.63, 3.8) is 0 Å². The van der Waals surface area contributed by atoms with Crippen LogP contribution in [0, 0.1) is 0 Å². The number of amides is 1. The van der Waals surface area contributed by atoms with Gasteiger partial charge in [-0.15, -0.1) is 0 Å². The Morgan fingerprint density at radius 1 is 1.30 bits per heavy atom. The zero-order chi connectivity index (χ0) is 16.8. The van der Waals surface area contributed by atoms with Crippen molar-refractivity contribution >= 4 is 11.9 Å². The van der Waals surface area contributed by atoms with E-state index < -0.39 is 17.9 Å². The van der Waals surface area contributed by atoms with E-state index in [4.69, 9.17) is 24.1 Å². The second kappa shape index (κ2) is 7.68. The van der Waals surface area contributed by atoms with Gasteiger partial charge in [0.05, 0.1) is 7.11 Å². The van der Waals surface area contributed by atoms with Crippen LogP contribution in [-0.2, 0) is 9.53 Å². The molecule has 1 unspecified atom stereocenters. The maximum Gasteiger partial charge on any atom is 0.326 e. The van der Waals surface area contributed by atoms with E-state index in [1.54, 1.807) is 0 Å². The highest BCUT2D eigenvalue weighted by atomic mass is 16.6. The van der Waals surface area contributed by atoms with Crippen LogP contribution >= 0.6 is 0 Å². The molecule has 0 radical (unpaired) electrons. The number of aliphatic carboxylic acids is 1. The van der Waals surface area contributed by atoms with Crippen molar-refractivity contribution in [3.05, 3.63) is 17.7 Å². The molecule has 8 nitrogen and oxygen atoms in total. The Bertz CT molecular complexity index is 570. The van der Waals surface area contributed by atoms with Gasteiger partial charge in [0.1, 0.15) is 19.3 Å². The number of nitrogens with one attached hydrogen (secondary N) is 1. The number of carbonyl (C=O) groups excluding carboxylic acids is 1. The molecule has 1 aromatic rings. The number of carboxylic acid groups (broad SMARTS) is 1. The topological polar surface area (TPSA) is 103 Å². The van der Waals surface area contributed by atoms with Crippen LogP contribution in [0.2, 0.25) is 0 Å². The zero-order valence-electron chi connectivity index (χ0n) is 13.0. The van der Waals surface area contributed by atoms with Crippen LogP contribution < -0.4 is 19.5 Å². The summed E-state index contributed by atoms with van der Waals surface area (Å²) in [6, 6.07) is 1.95. The second-order valence-corrected chi connectivity index (χ2v) is 4.85. The Balaban J connectivity index is 2.19. The van der Waals surface area contributed by atoms with Crippen molar-refractivity contribution in [1.29, 1.82) is 0 Å². The lowest BCUT2D eigenvalue weighted by atomic mass is 10.1. The van der Waals surface area contributed by atoms with Gasteiger partial charge in [-0.3, -0.25) is 4.79 Å². The highest BCUT2D eigenvalue weighted by Crippen LogP contribution is 2.40. The summed E-state index contributed by atoms with van der Waals surface area (Å²) in [5.74, 6) is -0.478. The maximum atomic E-state index is 12.3. The second-order valence-electron chi connectivity index (χ2n) is 4.85. The largest absolute Gasteiger partial charge is 0.493 e. The molecule has 0 saturated carbocycles. The van der Waals surface area contributed by atoms with E-state index in [1.807, 2.05) is 0 Å². The van der Waals surface area contributed by atoms with Crippen LogP contribution in [0.15, 0.2) is 12.1 Å². The number of rotatable bonds is 7. The van der Waals surface area contributed by atoms with E-state index in [2.05, 4.69) is 5.32 Å². The summed E-state index contributed by atoms with van der Waals surface area (Å²) in [4.78, 5) is 23.5. The van der Waals surface area contributed by atoms with Crippen LogP contribution in [0.4, 0.5) is 0 Å². The monoisotopic (exact) mass is 325 g/mol. The number of ether oxygens (including phenoxy) is 4. The van der Waals surface area contributed by atoms with Crippen molar-refractivity contribution in [2.45, 2.75) is 12.5 Å². The molecule has 1 aliphatic rings. The van der Waals surface area contributed by atoms with Crippen LogP contribution in [0.1, 0.15) is 16.8 Å². The minimum absolute atomic E-state index is 0.166. The summed E-state index contributed by atoms with van der Waals surface area (Å²) >= 11 is 0. The van der Waals surface area contributed by atoms with Gasteiger partial charge >= 0.3 is 5.97 Å². The Kier molecular flexibility index (Phi) is 5.64. The molecule has 1 aliphatic heterocycles. The number of methoxy groups -OCH3 is 2. The molecular formula is C15H19NO7. The van der Waals surface area contributed by atoms with Crippen molar-refractivity contribution in [3.8, 4) is 17.2 Å². The molecule has 0 bridgehead atoms. The van der Waals surface area contributed by atoms with E-state index in [1.165, 1.54) is 26.4 Å². The van der Waals surface area contributed by atoms with E-state index >= 15 is 0 Å². The molecule has 2 N–H and O–H groups in total. The van der Waals surface area contributed by atoms with Gasteiger partial charge in [-0.25, -0.2) is 4.79 Å². The highest BCUT2D eigenvalue weighted by molar-refractivity contribution is 5.97. The fourth-order valence-corrected chi connectivity index (χ4v) is 2.14. The number of hydrogen-bond acceptors (Lipinski definition) is 6. The van der Waals surface area contributed by atoms with Gasteiger partial charge in [0.2, 0.25) is 5.75 Å². The fraction of sp³-hybridized carbons (Fsp3) is 0.467. The molecule has 1 heterocycles. The average molecular weight is 325 g/mol. The van der Waals surface area contributed by atoms with Gasteiger partial charge in [0.25, 0.3) is 5.91 Å². The SMILES string of the molecule is COCCC(NC(=O)c1cc(OC)c2c(c1)OCCO2)C(=O)O. The first-order valence-electron chi connectivity index (χ1n) is 7.07. The van der Waals surface area contributed by atoms with Gasteiger partial charge < -0.3 is 29.4 Å². The smallest absolute Gasteiger partial charge is 0.326 e. The van der Waals surface area contributed by atoms with Crippen LogP contribution in [-0.4, -0.2) is 57.1 Å². The van der Waals surface area contributed by atoms with Crippen molar-refractivity contribution in [2.75, 3.05) is 34.0 Å². The summed E-state index contributed by atoms with van der Waals surface area (Å²) in [5.41, 5.74) is 0.231. The molecule has 0 fully saturated rings. The van der Waals surface area contributed by atoms with Gasteiger partial charge in [-0.05, 0) is 12.1 Å². The van der Waals surface area contributed by atoms with Gasteiger partial charge in [-0.1, -0.05) is 0 Å². The first-order valence-corrected chi connectivity index (χ1v) is 7.07. The van der Waals surface area contributed by atoms with Gasteiger partial charge in [0, 0.05) is 25.7 Å². The van der Waals surface area contributed by atoms with E-state index in [0.717, 1.165) is 0 Å². The minimum Gasteiger partial charge on any atom is -0.493 e. The average Bonchev–Trinajstić information content (AvgIpc) is 2.56. The lowest BCUT2D eigenvalue weighted by molar-refractivity contribution is -0.139. The quantitative estimate of drug-likeness (QED) is 0.760. The number of hydrogen-bond donors (Lipinski definition) is 2. The molecule has 2 rings (SSSR count). The fourth-order valence-electron chi connectivity index (χ4n) is 2.14. The summed E-state index contributed by atoms with van der Waals surface area (Å²) in [6.07, 6.45) is 0.166. The Morgan fingerprint density at radius 3 is 2.70 bits per heavy atom. The lowest BCUT2D eigenvalue weighted by Gasteiger charge is -2.21. The van der Waals surface area contributed by atoms with Gasteiger partial charge in [0.15, 0.2) is 11.5 Å². The zero-order valence-corrected chi connectivity index (χ0v) is 13.0. The van der Waals surface area contributed by atoms with Gasteiger partial charge in [-0.2, -0.15) is 0 Å². The third kappa shape index (κ3) is 4.04. The highest BCUT2D eigenvalue weighted by Gasteiger charge is 2.24. The molecular weight excluding hydrogens is 306 g/mol. The standard InChI is InChI=1S/C15H19NO7/c1-20-4-3-10(15(18)19)16-14(17)9-7-11(21-2)13-12(8-9)22-5-6-23-13/h7-8,10H,3-6H2,1-2H3,(H,16,17)(H,18,19). The van der Waals surface area contributed by atoms with Crippen LogP contribution in [0.5, 0.6) is 17.2 Å². The molecule has 1 aromatic carbocycles. The van der Waals surface area contributed by atoms with E-state index in [9.17, 15) is 9.59 Å². The maximum absolute atomic E-state index is 12.3. The summed E-state index contributed by atoms with van der Waals surface area (Å²) in [6.45, 7) is 0.988. The lowest BCUT2D eigenvalue weighted by Crippen LogP contribution is -2.41. The molecule has 126 valence electrons. The number of benzene rings is 1. The Morgan fingerprint density at radius 2 is 2.04 bits per heavy atom. The third-order valence-electron chi connectivity index (χ3n) is 3.30. The van der Waals surface area contributed by atoms with Crippen LogP contribution in [0.25, 0.3) is 0 Å². The van der Waals surface area contributed by atoms with Crippen molar-refractivity contribution in [1.82, 2.24) is 5.32 Å². The minimum atomic E-state index is -1.13. The number of fused-ring (bicyclic) bond motifs is 1.